The van der Waals surface area contributed by atoms with Gasteiger partial charge in [0.15, 0.2) is 9.84 Å². The van der Waals surface area contributed by atoms with Crippen LogP contribution in [0.1, 0.15) is 11.1 Å². The van der Waals surface area contributed by atoms with E-state index in [1.807, 2.05) is 4.90 Å². The van der Waals surface area contributed by atoms with Gasteiger partial charge in [-0.3, -0.25) is 4.90 Å². The Bertz CT molecular complexity index is 649. The van der Waals surface area contributed by atoms with E-state index >= 15 is 0 Å². The number of hydrogen-bond donors (Lipinski definition) is 1. The van der Waals surface area contributed by atoms with Gasteiger partial charge in [-0.2, -0.15) is 11.8 Å². The van der Waals surface area contributed by atoms with Crippen LogP contribution in [0.2, 0.25) is 0 Å². The summed E-state index contributed by atoms with van der Waals surface area (Å²) in [6, 6.07) is 4.58. The molecule has 1 aromatic carbocycles. The molecule has 0 bridgehead atoms. The summed E-state index contributed by atoms with van der Waals surface area (Å²) in [5, 5.41) is -0.564. The lowest BCUT2D eigenvalue weighted by Gasteiger charge is -2.34. The van der Waals surface area contributed by atoms with Crippen molar-refractivity contribution in [3.05, 3.63) is 35.1 Å². The number of thioether (sulfide) groups is 1. The Kier molecular flexibility index (Phi) is 5.24. The molecular formula is C13H17FN2O2S3. The van der Waals surface area contributed by atoms with E-state index in [0.29, 0.717) is 23.4 Å². The minimum Gasteiger partial charge on any atom is -0.389 e. The van der Waals surface area contributed by atoms with Crippen LogP contribution in [-0.2, 0) is 16.4 Å². The van der Waals surface area contributed by atoms with E-state index in [9.17, 15) is 12.8 Å². The molecule has 0 spiro atoms. The molecule has 2 N–H and O–H groups in total. The van der Waals surface area contributed by atoms with Gasteiger partial charge in [0.2, 0.25) is 0 Å². The lowest BCUT2D eigenvalue weighted by atomic mass is 10.1. The highest BCUT2D eigenvalue weighted by molar-refractivity contribution is 8.00. The van der Waals surface area contributed by atoms with Gasteiger partial charge in [0.25, 0.3) is 0 Å². The summed E-state index contributed by atoms with van der Waals surface area (Å²) in [5.74, 6) is 0.954. The first-order chi connectivity index (χ1) is 9.79. The van der Waals surface area contributed by atoms with Crippen LogP contribution >= 0.6 is 24.0 Å². The fourth-order valence-electron chi connectivity index (χ4n) is 2.24. The topological polar surface area (TPSA) is 63.4 Å². The average molecular weight is 348 g/mol. The fraction of sp³-hybridized carbons (Fsp3) is 0.462. The van der Waals surface area contributed by atoms with E-state index in [0.717, 1.165) is 5.75 Å². The summed E-state index contributed by atoms with van der Waals surface area (Å²) in [6.07, 6.45) is 1.23. The highest BCUT2D eigenvalue weighted by Crippen LogP contribution is 2.23. The van der Waals surface area contributed by atoms with Gasteiger partial charge in [0.05, 0.1) is 0 Å². The smallest absolute Gasteiger partial charge is 0.164 e. The van der Waals surface area contributed by atoms with Gasteiger partial charge in [0.1, 0.15) is 16.2 Å². The molecule has 4 nitrogen and oxygen atoms in total. The van der Waals surface area contributed by atoms with Gasteiger partial charge in [-0.05, 0) is 6.07 Å². The molecule has 116 valence electrons. The first-order valence-corrected chi connectivity index (χ1v) is 9.89. The molecule has 1 aliphatic rings. The number of rotatable bonds is 4. The Morgan fingerprint density at radius 1 is 1.57 bits per heavy atom. The Morgan fingerprint density at radius 3 is 2.86 bits per heavy atom. The van der Waals surface area contributed by atoms with Crippen LogP contribution in [0.25, 0.3) is 0 Å². The van der Waals surface area contributed by atoms with Crippen molar-refractivity contribution in [2.24, 2.45) is 5.73 Å². The van der Waals surface area contributed by atoms with Crippen LogP contribution < -0.4 is 5.73 Å². The molecule has 1 aromatic rings. The first-order valence-electron chi connectivity index (χ1n) is 6.38. The highest BCUT2D eigenvalue weighted by Gasteiger charge is 2.31. The molecule has 0 saturated carbocycles. The van der Waals surface area contributed by atoms with Crippen molar-refractivity contribution in [1.29, 1.82) is 0 Å². The van der Waals surface area contributed by atoms with E-state index in [-0.39, 0.29) is 11.5 Å². The van der Waals surface area contributed by atoms with Crippen molar-refractivity contribution >= 4 is 38.8 Å². The lowest BCUT2D eigenvalue weighted by molar-refractivity contribution is 0.258. The Balaban J connectivity index is 2.22. The standard InChI is InChI=1S/C13H17FN2O2S3/c1-21(17,18)12-8-20-5-4-16(12)7-10-3-2-9(13(15)19)6-11(10)14/h2-3,6,12H,4-5,7-8H2,1H3,(H2,15,19). The van der Waals surface area contributed by atoms with Crippen molar-refractivity contribution in [1.82, 2.24) is 4.90 Å². The Morgan fingerprint density at radius 2 is 2.29 bits per heavy atom. The van der Waals surface area contributed by atoms with Gasteiger partial charge in [-0.15, -0.1) is 0 Å². The zero-order chi connectivity index (χ0) is 15.6. The van der Waals surface area contributed by atoms with Crippen molar-refractivity contribution in [2.75, 3.05) is 24.3 Å². The van der Waals surface area contributed by atoms with Crippen molar-refractivity contribution in [3.8, 4) is 0 Å². The molecule has 0 aromatic heterocycles. The molecule has 1 heterocycles. The monoisotopic (exact) mass is 348 g/mol. The number of halogens is 1. The van der Waals surface area contributed by atoms with Crippen molar-refractivity contribution < 1.29 is 12.8 Å². The maximum Gasteiger partial charge on any atom is 0.164 e. The zero-order valence-corrected chi connectivity index (χ0v) is 14.0. The third kappa shape index (κ3) is 4.15. The molecule has 21 heavy (non-hydrogen) atoms. The van der Waals surface area contributed by atoms with Crippen LogP contribution in [-0.4, -0.2) is 48.0 Å². The molecule has 1 unspecified atom stereocenters. The SMILES string of the molecule is CS(=O)(=O)C1CSCCN1Cc1ccc(C(N)=S)cc1F. The third-order valence-corrected chi connectivity index (χ3v) is 6.32. The summed E-state index contributed by atoms with van der Waals surface area (Å²) in [7, 11) is -3.19. The van der Waals surface area contributed by atoms with Crippen LogP contribution in [0.15, 0.2) is 18.2 Å². The third-order valence-electron chi connectivity index (χ3n) is 3.40. The second-order valence-corrected chi connectivity index (χ2v) is 8.79. The number of nitrogens with two attached hydrogens (primary N) is 1. The minimum absolute atomic E-state index is 0.142. The zero-order valence-electron chi connectivity index (χ0n) is 11.6. The molecule has 1 fully saturated rings. The van der Waals surface area contributed by atoms with E-state index < -0.39 is 21.0 Å². The maximum absolute atomic E-state index is 14.1. The molecular weight excluding hydrogens is 331 g/mol. The molecule has 1 aliphatic heterocycles. The molecule has 1 saturated heterocycles. The average Bonchev–Trinajstić information content (AvgIpc) is 2.40. The van der Waals surface area contributed by atoms with Crippen LogP contribution in [0, 0.1) is 5.82 Å². The Hall–Kier alpha value is -0.700. The summed E-state index contributed by atoms with van der Waals surface area (Å²) in [6.45, 7) is 0.890. The number of sulfone groups is 1. The summed E-state index contributed by atoms with van der Waals surface area (Å²) < 4.78 is 37.8. The number of hydrogen-bond acceptors (Lipinski definition) is 5. The van der Waals surface area contributed by atoms with Gasteiger partial charge in [-0.25, -0.2) is 12.8 Å². The first kappa shape index (κ1) is 16.7. The largest absolute Gasteiger partial charge is 0.389 e. The summed E-state index contributed by atoms with van der Waals surface area (Å²) >= 11 is 6.42. The summed E-state index contributed by atoms with van der Waals surface area (Å²) in [5.41, 5.74) is 6.39. The normalized spacial score (nSPS) is 20.4. The van der Waals surface area contributed by atoms with E-state index in [1.165, 1.54) is 12.3 Å². The number of nitrogens with zero attached hydrogens (tertiary/aromatic N) is 1. The van der Waals surface area contributed by atoms with E-state index in [2.05, 4.69) is 0 Å². The molecule has 8 heteroatoms. The lowest BCUT2D eigenvalue weighted by Crippen LogP contribution is -2.46. The van der Waals surface area contributed by atoms with Crippen LogP contribution in [0.5, 0.6) is 0 Å². The van der Waals surface area contributed by atoms with Gasteiger partial charge >= 0.3 is 0 Å². The predicted octanol–water partition coefficient (Wildman–Crippen LogP) is 1.38. The van der Waals surface area contributed by atoms with Gasteiger partial charge < -0.3 is 5.73 Å². The molecule has 1 atom stereocenters. The molecule has 0 radical (unpaired) electrons. The van der Waals surface area contributed by atoms with Crippen molar-refractivity contribution in [2.45, 2.75) is 11.9 Å². The highest BCUT2D eigenvalue weighted by atomic mass is 32.2. The quantitative estimate of drug-likeness (QED) is 0.830. The molecule has 2 rings (SSSR count). The second-order valence-electron chi connectivity index (χ2n) is 5.00. The van der Waals surface area contributed by atoms with E-state index in [4.69, 9.17) is 18.0 Å². The number of thiocarbonyl (C=S) groups is 1. The number of benzene rings is 1. The predicted molar refractivity (Wildman–Crippen MR) is 88.7 cm³/mol. The van der Waals surface area contributed by atoms with E-state index in [1.54, 1.807) is 23.9 Å². The molecule has 0 amide bonds. The van der Waals surface area contributed by atoms with Crippen LogP contribution in [0.4, 0.5) is 4.39 Å². The summed E-state index contributed by atoms with van der Waals surface area (Å²) in [4.78, 5) is 1.95. The fourth-order valence-corrected chi connectivity index (χ4v) is 5.31. The maximum atomic E-state index is 14.1. The van der Waals surface area contributed by atoms with Gasteiger partial charge in [-0.1, -0.05) is 24.4 Å². The molecule has 0 aliphatic carbocycles. The Labute approximate surface area is 133 Å². The van der Waals surface area contributed by atoms with Crippen LogP contribution in [0.3, 0.4) is 0 Å². The van der Waals surface area contributed by atoms with Crippen molar-refractivity contribution in [3.63, 3.8) is 0 Å². The second kappa shape index (κ2) is 6.60. The van der Waals surface area contributed by atoms with Gasteiger partial charge in [0, 0.05) is 42.0 Å². The minimum atomic E-state index is -3.19.